The van der Waals surface area contributed by atoms with Crippen LogP contribution in [0, 0.1) is 18.8 Å². The lowest BCUT2D eigenvalue weighted by atomic mass is 9.91. The molecule has 2 amide bonds. The summed E-state index contributed by atoms with van der Waals surface area (Å²) in [6.07, 6.45) is 4.34. The van der Waals surface area contributed by atoms with Crippen LogP contribution >= 0.6 is 0 Å². The van der Waals surface area contributed by atoms with Gasteiger partial charge in [0.15, 0.2) is 0 Å². The molecule has 5 nitrogen and oxygen atoms in total. The van der Waals surface area contributed by atoms with Crippen LogP contribution in [0.15, 0.2) is 48.5 Å². The number of carbonyl (C=O) groups is 2. The molecule has 0 radical (unpaired) electrons. The van der Waals surface area contributed by atoms with Crippen LogP contribution < -0.4 is 10.1 Å². The van der Waals surface area contributed by atoms with Crippen molar-refractivity contribution >= 4 is 23.6 Å². The van der Waals surface area contributed by atoms with Crippen LogP contribution in [0.2, 0.25) is 0 Å². The molecular formula is C25H30N2O3. The zero-order valence-corrected chi connectivity index (χ0v) is 18.1. The van der Waals surface area contributed by atoms with Gasteiger partial charge in [0.05, 0.1) is 7.11 Å². The fraction of sp³-hybridized carbons (Fsp3) is 0.360. The molecule has 2 atom stereocenters. The van der Waals surface area contributed by atoms with Gasteiger partial charge in [-0.1, -0.05) is 38.1 Å². The van der Waals surface area contributed by atoms with Crippen LogP contribution in [0.1, 0.15) is 41.8 Å². The number of rotatable bonds is 5. The average molecular weight is 407 g/mol. The molecule has 1 N–H and O–H groups in total. The molecule has 158 valence electrons. The summed E-state index contributed by atoms with van der Waals surface area (Å²) in [7, 11) is 1.60. The molecule has 0 spiro atoms. The van der Waals surface area contributed by atoms with Gasteiger partial charge in [-0.05, 0) is 55.0 Å². The van der Waals surface area contributed by atoms with E-state index in [1.54, 1.807) is 19.3 Å². The number of hydrogen-bond acceptors (Lipinski definition) is 3. The lowest BCUT2D eigenvalue weighted by molar-refractivity contribution is -0.111. The van der Waals surface area contributed by atoms with Crippen molar-refractivity contribution in [3.05, 3.63) is 65.2 Å². The Morgan fingerprint density at radius 1 is 1.10 bits per heavy atom. The molecule has 30 heavy (non-hydrogen) atoms. The summed E-state index contributed by atoms with van der Waals surface area (Å²) < 4.78 is 5.30. The molecule has 1 aliphatic heterocycles. The van der Waals surface area contributed by atoms with Gasteiger partial charge in [0.1, 0.15) is 5.75 Å². The molecule has 3 rings (SSSR count). The maximum absolute atomic E-state index is 13.0. The van der Waals surface area contributed by atoms with Crippen molar-refractivity contribution in [1.29, 1.82) is 0 Å². The Hall–Kier alpha value is -3.08. The first-order chi connectivity index (χ1) is 14.4. The van der Waals surface area contributed by atoms with Gasteiger partial charge in [-0.25, -0.2) is 0 Å². The average Bonchev–Trinajstić information content (AvgIpc) is 2.72. The first kappa shape index (κ1) is 21.6. The van der Waals surface area contributed by atoms with E-state index in [0.717, 1.165) is 30.6 Å². The van der Waals surface area contributed by atoms with Gasteiger partial charge in [-0.15, -0.1) is 0 Å². The Bertz CT molecular complexity index is 941. The number of benzene rings is 2. The van der Waals surface area contributed by atoms with Crippen LogP contribution in [-0.2, 0) is 4.79 Å². The largest absolute Gasteiger partial charge is 0.496 e. The number of likely N-dealkylation sites (tertiary alicyclic amines) is 1. The van der Waals surface area contributed by atoms with E-state index in [1.165, 1.54) is 6.08 Å². The van der Waals surface area contributed by atoms with Crippen LogP contribution in [0.5, 0.6) is 5.75 Å². The molecule has 1 saturated heterocycles. The summed E-state index contributed by atoms with van der Waals surface area (Å²) in [5, 5.41) is 2.90. The maximum atomic E-state index is 13.0. The van der Waals surface area contributed by atoms with E-state index in [2.05, 4.69) is 19.2 Å². The van der Waals surface area contributed by atoms with E-state index in [0.29, 0.717) is 28.8 Å². The van der Waals surface area contributed by atoms with E-state index in [4.69, 9.17) is 4.74 Å². The van der Waals surface area contributed by atoms with Crippen LogP contribution in [-0.4, -0.2) is 36.9 Å². The van der Waals surface area contributed by atoms with Gasteiger partial charge < -0.3 is 15.0 Å². The third kappa shape index (κ3) is 5.29. The molecule has 0 bridgehead atoms. The number of para-hydroxylation sites is 1. The molecule has 1 aliphatic rings. The van der Waals surface area contributed by atoms with Crippen molar-refractivity contribution in [2.75, 3.05) is 25.5 Å². The van der Waals surface area contributed by atoms with Crippen molar-refractivity contribution in [1.82, 2.24) is 4.90 Å². The Kier molecular flexibility index (Phi) is 6.93. The molecule has 1 heterocycles. The van der Waals surface area contributed by atoms with Crippen LogP contribution in [0.3, 0.4) is 0 Å². The van der Waals surface area contributed by atoms with Crippen LogP contribution in [0.4, 0.5) is 5.69 Å². The maximum Gasteiger partial charge on any atom is 0.253 e. The minimum absolute atomic E-state index is 0.0217. The predicted octanol–water partition coefficient (Wildman–Crippen LogP) is 4.77. The van der Waals surface area contributed by atoms with Crippen molar-refractivity contribution in [2.45, 2.75) is 27.2 Å². The van der Waals surface area contributed by atoms with Gasteiger partial charge in [0, 0.05) is 36.0 Å². The van der Waals surface area contributed by atoms with E-state index >= 15 is 0 Å². The van der Waals surface area contributed by atoms with Crippen molar-refractivity contribution in [3.8, 4) is 5.75 Å². The second-order valence-electron chi connectivity index (χ2n) is 8.25. The van der Waals surface area contributed by atoms with Gasteiger partial charge in [0.2, 0.25) is 5.91 Å². The predicted molar refractivity (Wildman–Crippen MR) is 121 cm³/mol. The number of aryl methyl sites for hydroxylation is 1. The van der Waals surface area contributed by atoms with E-state index in [-0.39, 0.29) is 11.8 Å². The summed E-state index contributed by atoms with van der Waals surface area (Å²) in [6, 6.07) is 13.0. The van der Waals surface area contributed by atoms with Gasteiger partial charge in [0.25, 0.3) is 5.91 Å². The number of amides is 2. The zero-order chi connectivity index (χ0) is 21.7. The highest BCUT2D eigenvalue weighted by Gasteiger charge is 2.26. The van der Waals surface area contributed by atoms with Crippen molar-refractivity contribution in [2.24, 2.45) is 11.8 Å². The Balaban J connectivity index is 1.73. The molecule has 2 aromatic rings. The summed E-state index contributed by atoms with van der Waals surface area (Å²) >= 11 is 0. The standard InChI is InChI=1S/C25H30N2O3/c1-17-13-18(2)16-27(15-17)25(29)21-10-9-19(3)22(14-21)26-24(28)12-11-20-7-5-6-8-23(20)30-4/h5-12,14,17-18H,13,15-16H2,1-4H3,(H,26,28)/b12-11+. The number of hydrogen-bond donors (Lipinski definition) is 1. The molecule has 5 heteroatoms. The fourth-order valence-corrected chi connectivity index (χ4v) is 4.05. The summed E-state index contributed by atoms with van der Waals surface area (Å²) in [5.74, 6) is 1.47. The molecule has 1 fully saturated rings. The lowest BCUT2D eigenvalue weighted by Crippen LogP contribution is -2.42. The van der Waals surface area contributed by atoms with Crippen molar-refractivity contribution in [3.63, 3.8) is 0 Å². The second kappa shape index (κ2) is 9.61. The molecule has 0 aromatic heterocycles. The minimum Gasteiger partial charge on any atom is -0.496 e. The first-order valence-corrected chi connectivity index (χ1v) is 10.4. The Morgan fingerprint density at radius 3 is 2.50 bits per heavy atom. The van der Waals surface area contributed by atoms with E-state index in [9.17, 15) is 9.59 Å². The van der Waals surface area contributed by atoms with Crippen LogP contribution in [0.25, 0.3) is 6.08 Å². The third-order valence-electron chi connectivity index (χ3n) is 5.45. The summed E-state index contributed by atoms with van der Waals surface area (Å²) in [6.45, 7) is 7.84. The highest BCUT2D eigenvalue weighted by atomic mass is 16.5. The third-order valence-corrected chi connectivity index (χ3v) is 5.45. The Labute approximate surface area is 178 Å². The highest BCUT2D eigenvalue weighted by Crippen LogP contribution is 2.24. The number of methoxy groups -OCH3 is 1. The number of piperidine rings is 1. The van der Waals surface area contributed by atoms with E-state index in [1.807, 2.05) is 48.2 Å². The number of nitrogens with one attached hydrogen (secondary N) is 1. The molecule has 0 aliphatic carbocycles. The number of ether oxygens (including phenoxy) is 1. The van der Waals surface area contributed by atoms with Crippen molar-refractivity contribution < 1.29 is 14.3 Å². The smallest absolute Gasteiger partial charge is 0.253 e. The summed E-state index contributed by atoms with van der Waals surface area (Å²) in [4.78, 5) is 27.4. The van der Waals surface area contributed by atoms with Gasteiger partial charge >= 0.3 is 0 Å². The minimum atomic E-state index is -0.256. The van der Waals surface area contributed by atoms with E-state index < -0.39 is 0 Å². The number of anilines is 1. The molecule has 0 saturated carbocycles. The zero-order valence-electron chi connectivity index (χ0n) is 18.1. The first-order valence-electron chi connectivity index (χ1n) is 10.4. The highest BCUT2D eigenvalue weighted by molar-refractivity contribution is 6.03. The topological polar surface area (TPSA) is 58.6 Å². The quantitative estimate of drug-likeness (QED) is 0.728. The van der Waals surface area contributed by atoms with Gasteiger partial charge in [-0.2, -0.15) is 0 Å². The van der Waals surface area contributed by atoms with Gasteiger partial charge in [-0.3, -0.25) is 9.59 Å². The summed E-state index contributed by atoms with van der Waals surface area (Å²) in [5.41, 5.74) is 2.98. The number of carbonyl (C=O) groups excluding carboxylic acids is 2. The fourth-order valence-electron chi connectivity index (χ4n) is 4.05. The Morgan fingerprint density at radius 2 is 1.80 bits per heavy atom. The molecule has 2 aromatic carbocycles. The lowest BCUT2D eigenvalue weighted by Gasteiger charge is -2.35. The second-order valence-corrected chi connectivity index (χ2v) is 8.25. The number of nitrogens with zero attached hydrogens (tertiary/aromatic N) is 1. The molecular weight excluding hydrogens is 376 g/mol. The monoisotopic (exact) mass is 406 g/mol. The molecule has 2 unspecified atom stereocenters. The normalized spacial score (nSPS) is 19.0. The SMILES string of the molecule is COc1ccccc1/C=C/C(=O)Nc1cc(C(=O)N2CC(C)CC(C)C2)ccc1C.